The summed E-state index contributed by atoms with van der Waals surface area (Å²) in [6.07, 6.45) is 7.11. The van der Waals surface area contributed by atoms with Crippen molar-refractivity contribution in [3.05, 3.63) is 54.0 Å². The highest BCUT2D eigenvalue weighted by Gasteiger charge is 2.00. The third-order valence-corrected chi connectivity index (χ3v) is 2.86. The molecular formula is C14H15N3OS. The number of rotatable bonds is 6. The maximum absolute atomic E-state index is 5.58. The Bertz CT molecular complexity index is 545. The maximum atomic E-state index is 5.58. The van der Waals surface area contributed by atoms with E-state index in [0.717, 1.165) is 18.4 Å². The van der Waals surface area contributed by atoms with Crippen LogP contribution in [-0.4, -0.2) is 21.6 Å². The second-order valence-electron chi connectivity index (χ2n) is 4.05. The molecule has 5 heteroatoms. The maximum Gasteiger partial charge on any atom is 0.213 e. The van der Waals surface area contributed by atoms with Gasteiger partial charge in [0, 0.05) is 30.2 Å². The molecule has 0 atom stereocenters. The van der Waals surface area contributed by atoms with Crippen molar-refractivity contribution < 1.29 is 4.74 Å². The van der Waals surface area contributed by atoms with Crippen molar-refractivity contribution >= 4 is 17.2 Å². The number of aromatic nitrogens is 2. The summed E-state index contributed by atoms with van der Waals surface area (Å²) in [5, 5.41) is 0. The van der Waals surface area contributed by atoms with Gasteiger partial charge in [0.2, 0.25) is 5.88 Å². The van der Waals surface area contributed by atoms with Crippen molar-refractivity contribution in [2.45, 2.75) is 12.8 Å². The van der Waals surface area contributed by atoms with Gasteiger partial charge in [0.05, 0.1) is 6.61 Å². The Morgan fingerprint density at radius 1 is 1.21 bits per heavy atom. The smallest absolute Gasteiger partial charge is 0.213 e. The van der Waals surface area contributed by atoms with Gasteiger partial charge < -0.3 is 10.5 Å². The Hall–Kier alpha value is -2.01. The van der Waals surface area contributed by atoms with Gasteiger partial charge in [0.25, 0.3) is 0 Å². The number of pyridine rings is 2. The normalized spacial score (nSPS) is 10.1. The van der Waals surface area contributed by atoms with Crippen LogP contribution in [0.2, 0.25) is 0 Å². The van der Waals surface area contributed by atoms with E-state index in [2.05, 4.69) is 9.97 Å². The second-order valence-corrected chi connectivity index (χ2v) is 4.49. The van der Waals surface area contributed by atoms with Gasteiger partial charge in [0.15, 0.2) is 0 Å². The molecular weight excluding hydrogens is 258 g/mol. The first-order chi connectivity index (χ1) is 9.25. The minimum absolute atomic E-state index is 0.351. The topological polar surface area (TPSA) is 61.0 Å². The average Bonchev–Trinajstić information content (AvgIpc) is 2.45. The molecule has 0 unspecified atom stereocenters. The molecule has 0 saturated heterocycles. The third kappa shape index (κ3) is 4.30. The zero-order chi connectivity index (χ0) is 13.5. The van der Waals surface area contributed by atoms with Crippen molar-refractivity contribution in [3.8, 4) is 5.88 Å². The lowest BCUT2D eigenvalue weighted by molar-refractivity contribution is 0.299. The van der Waals surface area contributed by atoms with E-state index >= 15 is 0 Å². The largest absolute Gasteiger partial charge is 0.478 e. The number of hydrogen-bond acceptors (Lipinski definition) is 4. The Morgan fingerprint density at radius 3 is 2.74 bits per heavy atom. The number of nitrogens with zero attached hydrogens (tertiary/aromatic N) is 2. The van der Waals surface area contributed by atoms with Crippen LogP contribution in [0.1, 0.15) is 17.5 Å². The fourth-order valence-electron chi connectivity index (χ4n) is 1.64. The van der Waals surface area contributed by atoms with Gasteiger partial charge >= 0.3 is 0 Å². The van der Waals surface area contributed by atoms with Crippen LogP contribution in [0.15, 0.2) is 42.9 Å². The summed E-state index contributed by atoms with van der Waals surface area (Å²) < 4.78 is 5.58. The van der Waals surface area contributed by atoms with Crippen LogP contribution in [0, 0.1) is 0 Å². The van der Waals surface area contributed by atoms with E-state index in [-0.39, 0.29) is 0 Å². The standard InChI is InChI=1S/C14H15N3OS/c15-14(19)12-5-8-17-13(10-12)18-9-1-2-11-3-6-16-7-4-11/h3-8,10H,1-2,9H2,(H2,15,19). The van der Waals surface area contributed by atoms with E-state index in [4.69, 9.17) is 22.7 Å². The van der Waals surface area contributed by atoms with Crippen LogP contribution in [0.25, 0.3) is 0 Å². The summed E-state index contributed by atoms with van der Waals surface area (Å²) in [4.78, 5) is 8.45. The molecule has 19 heavy (non-hydrogen) atoms. The van der Waals surface area contributed by atoms with Crippen molar-refractivity contribution in [1.82, 2.24) is 9.97 Å². The third-order valence-electron chi connectivity index (χ3n) is 2.63. The molecule has 0 aliphatic heterocycles. The fraction of sp³-hybridized carbons (Fsp3) is 0.214. The Morgan fingerprint density at radius 2 is 2.00 bits per heavy atom. The molecule has 2 N–H and O–H groups in total. The summed E-state index contributed by atoms with van der Waals surface area (Å²) in [6.45, 7) is 0.607. The van der Waals surface area contributed by atoms with Crippen LogP contribution in [-0.2, 0) is 6.42 Å². The molecule has 0 aromatic carbocycles. The predicted molar refractivity (Wildman–Crippen MR) is 78.2 cm³/mol. The molecule has 0 aliphatic carbocycles. The summed E-state index contributed by atoms with van der Waals surface area (Å²) in [5.74, 6) is 0.556. The van der Waals surface area contributed by atoms with Crippen molar-refractivity contribution in [3.63, 3.8) is 0 Å². The van der Waals surface area contributed by atoms with Crippen LogP contribution in [0.5, 0.6) is 5.88 Å². The van der Waals surface area contributed by atoms with Gasteiger partial charge in [-0.05, 0) is 36.6 Å². The minimum Gasteiger partial charge on any atom is -0.478 e. The van der Waals surface area contributed by atoms with Gasteiger partial charge in [-0.3, -0.25) is 4.98 Å². The fourth-order valence-corrected chi connectivity index (χ4v) is 1.77. The number of aryl methyl sites for hydroxylation is 1. The molecule has 0 aliphatic rings. The molecule has 98 valence electrons. The van der Waals surface area contributed by atoms with Gasteiger partial charge in [-0.1, -0.05) is 12.2 Å². The van der Waals surface area contributed by atoms with Gasteiger partial charge in [-0.15, -0.1) is 0 Å². The van der Waals surface area contributed by atoms with E-state index in [9.17, 15) is 0 Å². The highest BCUT2D eigenvalue weighted by molar-refractivity contribution is 7.80. The number of nitrogens with two attached hydrogens (primary N) is 1. The summed E-state index contributed by atoms with van der Waals surface area (Å²) >= 11 is 4.91. The van der Waals surface area contributed by atoms with E-state index in [1.165, 1.54) is 5.56 Å². The number of ether oxygens (including phenoxy) is 1. The van der Waals surface area contributed by atoms with Gasteiger partial charge in [-0.25, -0.2) is 4.98 Å². The molecule has 0 bridgehead atoms. The molecule has 0 amide bonds. The van der Waals surface area contributed by atoms with Gasteiger partial charge in [0.1, 0.15) is 4.99 Å². The molecule has 0 spiro atoms. The van der Waals surface area contributed by atoms with Gasteiger partial charge in [-0.2, -0.15) is 0 Å². The highest BCUT2D eigenvalue weighted by atomic mass is 32.1. The molecule has 0 radical (unpaired) electrons. The molecule has 0 saturated carbocycles. The monoisotopic (exact) mass is 273 g/mol. The van der Waals surface area contributed by atoms with E-state index in [0.29, 0.717) is 17.5 Å². The average molecular weight is 273 g/mol. The SMILES string of the molecule is NC(=S)c1ccnc(OCCCc2ccncc2)c1. The van der Waals surface area contributed by atoms with Crippen molar-refractivity contribution in [2.75, 3.05) is 6.61 Å². The van der Waals surface area contributed by atoms with Crippen LogP contribution < -0.4 is 10.5 Å². The Balaban J connectivity index is 1.80. The molecule has 2 heterocycles. The molecule has 4 nitrogen and oxygen atoms in total. The van der Waals surface area contributed by atoms with Crippen LogP contribution >= 0.6 is 12.2 Å². The minimum atomic E-state index is 0.351. The number of hydrogen-bond donors (Lipinski definition) is 1. The summed E-state index contributed by atoms with van der Waals surface area (Å²) in [7, 11) is 0. The Labute approximate surface area is 117 Å². The zero-order valence-electron chi connectivity index (χ0n) is 10.5. The molecule has 2 rings (SSSR count). The molecule has 0 fully saturated rings. The predicted octanol–water partition coefficient (Wildman–Crippen LogP) is 2.12. The highest BCUT2D eigenvalue weighted by Crippen LogP contribution is 2.10. The quantitative estimate of drug-likeness (QED) is 0.645. The first-order valence-electron chi connectivity index (χ1n) is 6.03. The van der Waals surface area contributed by atoms with Crippen molar-refractivity contribution in [1.29, 1.82) is 0 Å². The first-order valence-corrected chi connectivity index (χ1v) is 6.44. The van der Waals surface area contributed by atoms with Crippen LogP contribution in [0.4, 0.5) is 0 Å². The van der Waals surface area contributed by atoms with E-state index in [1.807, 2.05) is 12.1 Å². The lowest BCUT2D eigenvalue weighted by Crippen LogP contribution is -2.10. The number of thiocarbonyl (C=S) groups is 1. The van der Waals surface area contributed by atoms with E-state index in [1.54, 1.807) is 30.7 Å². The second kappa shape index (κ2) is 6.80. The van der Waals surface area contributed by atoms with Crippen molar-refractivity contribution in [2.24, 2.45) is 5.73 Å². The lowest BCUT2D eigenvalue weighted by Gasteiger charge is -2.06. The lowest BCUT2D eigenvalue weighted by atomic mass is 10.1. The zero-order valence-corrected chi connectivity index (χ0v) is 11.3. The van der Waals surface area contributed by atoms with E-state index < -0.39 is 0 Å². The van der Waals surface area contributed by atoms with Crippen LogP contribution in [0.3, 0.4) is 0 Å². The Kier molecular flexibility index (Phi) is 4.80. The molecule has 2 aromatic rings. The summed E-state index contributed by atoms with van der Waals surface area (Å²) in [5.41, 5.74) is 7.58. The summed E-state index contributed by atoms with van der Waals surface area (Å²) in [6, 6.07) is 7.54. The molecule has 2 aromatic heterocycles. The first kappa shape index (κ1) is 13.4.